The van der Waals surface area contributed by atoms with E-state index in [1.54, 1.807) is 12.1 Å². The van der Waals surface area contributed by atoms with E-state index >= 15 is 0 Å². The van der Waals surface area contributed by atoms with E-state index in [-0.39, 0.29) is 35.2 Å². The predicted molar refractivity (Wildman–Crippen MR) is 119 cm³/mol. The topological polar surface area (TPSA) is 128 Å². The second kappa shape index (κ2) is 9.66. The van der Waals surface area contributed by atoms with Gasteiger partial charge in [0.15, 0.2) is 9.84 Å². The summed E-state index contributed by atoms with van der Waals surface area (Å²) in [7, 11) is -3.65. The number of carbonyl (C=O) groups excluding carboxylic acids is 1. The molecule has 8 nitrogen and oxygen atoms in total. The maximum atomic E-state index is 13.3. The molecule has 1 aromatic carbocycles. The molecule has 0 bridgehead atoms. The number of amides is 2. The van der Waals surface area contributed by atoms with Crippen molar-refractivity contribution in [3.63, 3.8) is 0 Å². The summed E-state index contributed by atoms with van der Waals surface area (Å²) in [6, 6.07) is 6.66. The lowest BCUT2D eigenvalue weighted by molar-refractivity contribution is -0.135. The van der Waals surface area contributed by atoms with Crippen molar-refractivity contribution in [1.29, 1.82) is 5.26 Å². The number of hydrogen-bond acceptors (Lipinski definition) is 5. The van der Waals surface area contributed by atoms with E-state index in [0.717, 1.165) is 5.56 Å². The molecule has 1 heterocycles. The van der Waals surface area contributed by atoms with Crippen LogP contribution in [0.1, 0.15) is 44.1 Å². The Kier molecular flexibility index (Phi) is 7.43. The normalized spacial score (nSPS) is 24.5. The van der Waals surface area contributed by atoms with Gasteiger partial charge < -0.3 is 15.3 Å². The molecule has 186 valence electrons. The molecule has 1 aliphatic heterocycles. The highest BCUT2D eigenvalue weighted by molar-refractivity contribution is 7.92. The second-order valence-corrected chi connectivity index (χ2v) is 11.7. The Bertz CT molecular complexity index is 1120. The van der Waals surface area contributed by atoms with Gasteiger partial charge in [0.05, 0.1) is 27.8 Å². The summed E-state index contributed by atoms with van der Waals surface area (Å²) < 4.78 is 52.3. The number of aryl methyl sites for hydroxylation is 1. The number of nitriles is 1. The lowest BCUT2D eigenvalue weighted by atomic mass is 10.1. The van der Waals surface area contributed by atoms with Crippen LogP contribution in [-0.2, 0) is 14.6 Å². The first-order valence-corrected chi connectivity index (χ1v) is 12.8. The Balaban J connectivity index is 0.000000302. The quantitative estimate of drug-likeness (QED) is 0.625. The molecular weight excluding hydrogens is 492 g/mol. The molecule has 1 saturated heterocycles. The van der Waals surface area contributed by atoms with Crippen molar-refractivity contribution in [2.75, 3.05) is 13.1 Å². The summed E-state index contributed by atoms with van der Waals surface area (Å²) in [6.07, 6.45) is 0.751. The van der Waals surface area contributed by atoms with E-state index in [0.29, 0.717) is 25.7 Å². The van der Waals surface area contributed by atoms with Crippen molar-refractivity contribution in [2.45, 2.75) is 67.1 Å². The number of nitrogens with one attached hydrogen (secondary N) is 1. The molecule has 1 aromatic rings. The predicted octanol–water partition coefficient (Wildman–Crippen LogP) is 3.77. The lowest BCUT2D eigenvalue weighted by Crippen LogP contribution is -2.35. The van der Waals surface area contributed by atoms with E-state index in [1.165, 1.54) is 11.0 Å². The molecule has 0 unspecified atom stereocenters. The molecule has 0 spiro atoms. The third-order valence-electron chi connectivity index (χ3n) is 6.36. The fourth-order valence-electron chi connectivity index (χ4n) is 4.24. The molecule has 2 atom stereocenters. The number of benzene rings is 1. The van der Waals surface area contributed by atoms with Gasteiger partial charge in [-0.05, 0) is 56.7 Å². The van der Waals surface area contributed by atoms with E-state index in [2.05, 4.69) is 5.32 Å². The summed E-state index contributed by atoms with van der Waals surface area (Å²) in [5.41, 5.74) is 0.129. The zero-order valence-electron chi connectivity index (χ0n) is 18.6. The first-order valence-electron chi connectivity index (χ1n) is 10.9. The van der Waals surface area contributed by atoms with Gasteiger partial charge >= 0.3 is 6.09 Å². The van der Waals surface area contributed by atoms with Crippen molar-refractivity contribution in [1.82, 2.24) is 10.2 Å². The van der Waals surface area contributed by atoms with Gasteiger partial charge in [0, 0.05) is 18.9 Å². The van der Waals surface area contributed by atoms with Gasteiger partial charge in [-0.25, -0.2) is 22.0 Å². The Morgan fingerprint density at radius 1 is 1.26 bits per heavy atom. The SMILES string of the molecule is Cc1ccc(S(=O)(=O)[C@@H]2CC[C@@H](C(=O)N3CCC(F)(F)C3)C2)c(Cl)c1.N#CC1(NC(=O)O)CC1. The summed E-state index contributed by atoms with van der Waals surface area (Å²) in [5.74, 6) is -3.71. The van der Waals surface area contributed by atoms with E-state index < -0.39 is 45.1 Å². The van der Waals surface area contributed by atoms with Gasteiger partial charge in [-0.15, -0.1) is 0 Å². The van der Waals surface area contributed by atoms with Crippen LogP contribution in [0, 0.1) is 24.2 Å². The number of carbonyl (C=O) groups is 2. The zero-order chi connectivity index (χ0) is 25.3. The Hall–Kier alpha value is -2.45. The molecule has 2 N–H and O–H groups in total. The maximum absolute atomic E-state index is 13.3. The molecular formula is C22H26ClF2N3O5S. The van der Waals surface area contributed by atoms with Crippen molar-refractivity contribution in [2.24, 2.45) is 5.92 Å². The number of halogens is 3. The van der Waals surface area contributed by atoms with E-state index in [9.17, 15) is 26.8 Å². The molecule has 34 heavy (non-hydrogen) atoms. The van der Waals surface area contributed by atoms with Crippen LogP contribution in [0.25, 0.3) is 0 Å². The van der Waals surface area contributed by atoms with Crippen molar-refractivity contribution in [3.8, 4) is 6.07 Å². The number of sulfone groups is 1. The Labute approximate surface area is 201 Å². The van der Waals surface area contributed by atoms with Gasteiger partial charge in [-0.2, -0.15) is 5.26 Å². The van der Waals surface area contributed by atoms with Crippen LogP contribution in [0.2, 0.25) is 5.02 Å². The summed E-state index contributed by atoms with van der Waals surface area (Å²) in [4.78, 5) is 23.6. The number of carboxylic acid groups (broad SMARTS) is 1. The first-order chi connectivity index (χ1) is 15.8. The van der Waals surface area contributed by atoms with Crippen LogP contribution in [-0.4, -0.2) is 60.2 Å². The fraction of sp³-hybridized carbons (Fsp3) is 0.591. The van der Waals surface area contributed by atoms with Crippen LogP contribution in [0.3, 0.4) is 0 Å². The van der Waals surface area contributed by atoms with E-state index in [4.69, 9.17) is 22.0 Å². The van der Waals surface area contributed by atoms with Crippen LogP contribution in [0.5, 0.6) is 0 Å². The first kappa shape index (κ1) is 26.2. The van der Waals surface area contributed by atoms with Gasteiger partial charge in [0.1, 0.15) is 5.54 Å². The highest BCUT2D eigenvalue weighted by Gasteiger charge is 2.46. The molecule has 3 aliphatic rings. The molecule has 0 radical (unpaired) electrons. The Morgan fingerprint density at radius 2 is 1.94 bits per heavy atom. The van der Waals surface area contributed by atoms with Gasteiger partial charge in [0.25, 0.3) is 5.92 Å². The number of likely N-dealkylation sites (tertiary alicyclic amines) is 1. The Morgan fingerprint density at radius 3 is 2.41 bits per heavy atom. The lowest BCUT2D eigenvalue weighted by Gasteiger charge is -2.20. The number of alkyl halides is 2. The average Bonchev–Trinajstić information content (AvgIpc) is 3.16. The van der Waals surface area contributed by atoms with Gasteiger partial charge in [-0.3, -0.25) is 4.79 Å². The highest BCUT2D eigenvalue weighted by atomic mass is 35.5. The van der Waals surface area contributed by atoms with Crippen molar-refractivity contribution >= 4 is 33.4 Å². The van der Waals surface area contributed by atoms with Crippen LogP contribution in [0.15, 0.2) is 23.1 Å². The van der Waals surface area contributed by atoms with Gasteiger partial charge in [-0.1, -0.05) is 17.7 Å². The van der Waals surface area contributed by atoms with Crippen molar-refractivity contribution in [3.05, 3.63) is 28.8 Å². The average molecular weight is 518 g/mol. The molecule has 2 amide bonds. The van der Waals surface area contributed by atoms with Gasteiger partial charge in [0.2, 0.25) is 5.91 Å². The third kappa shape index (κ3) is 5.96. The number of nitrogens with zero attached hydrogens (tertiary/aromatic N) is 2. The van der Waals surface area contributed by atoms with Crippen molar-refractivity contribution < 1.29 is 31.9 Å². The minimum absolute atomic E-state index is 0.0313. The molecule has 0 aromatic heterocycles. The minimum atomic E-state index is -3.65. The smallest absolute Gasteiger partial charge is 0.405 e. The van der Waals surface area contributed by atoms with Crippen LogP contribution < -0.4 is 5.32 Å². The van der Waals surface area contributed by atoms with Crippen LogP contribution in [0.4, 0.5) is 13.6 Å². The summed E-state index contributed by atoms with van der Waals surface area (Å²) in [5, 5.41) is 18.1. The molecule has 4 rings (SSSR count). The monoisotopic (exact) mass is 517 g/mol. The molecule has 2 aliphatic carbocycles. The van der Waals surface area contributed by atoms with E-state index in [1.807, 2.05) is 13.0 Å². The summed E-state index contributed by atoms with van der Waals surface area (Å²) in [6.45, 7) is 1.28. The maximum Gasteiger partial charge on any atom is 0.405 e. The molecule has 12 heteroatoms. The number of hydrogen-bond donors (Lipinski definition) is 2. The second-order valence-electron chi connectivity index (χ2n) is 9.10. The summed E-state index contributed by atoms with van der Waals surface area (Å²) >= 11 is 6.09. The highest BCUT2D eigenvalue weighted by Crippen LogP contribution is 2.38. The minimum Gasteiger partial charge on any atom is -0.465 e. The third-order valence-corrected chi connectivity index (χ3v) is 9.06. The largest absolute Gasteiger partial charge is 0.465 e. The molecule has 3 fully saturated rings. The van der Waals surface area contributed by atoms with Crippen LogP contribution >= 0.6 is 11.6 Å². The molecule has 2 saturated carbocycles. The zero-order valence-corrected chi connectivity index (χ0v) is 20.1. The number of rotatable bonds is 4. The fourth-order valence-corrected chi connectivity index (χ4v) is 6.68. The standard InChI is InChI=1S/C17H20ClF2NO3S.C5H6N2O2/c1-11-2-5-15(14(18)8-11)25(23,24)13-4-3-12(9-13)16(22)21-7-6-17(19,20)10-21;6-3-5(1-2-5)7-4(8)9/h2,5,8,12-13H,3-4,6-7,9-10H2,1H3;7H,1-2H2,(H,8,9)/t12-,13-;/m1./s1.